The van der Waals surface area contributed by atoms with E-state index in [4.69, 9.17) is 5.11 Å². The number of ketones is 1. The van der Waals surface area contributed by atoms with E-state index in [1.54, 1.807) is 7.05 Å². The molecular weight excluding hydrogens is 242 g/mol. The third-order valence-corrected chi connectivity index (χ3v) is 3.46. The maximum atomic E-state index is 12.3. The van der Waals surface area contributed by atoms with E-state index in [9.17, 15) is 9.59 Å². The lowest BCUT2D eigenvalue weighted by molar-refractivity contribution is -0.137. The molecule has 4 nitrogen and oxygen atoms in total. The van der Waals surface area contributed by atoms with Crippen LogP contribution in [0.4, 0.5) is 0 Å². The van der Waals surface area contributed by atoms with Gasteiger partial charge in [0.1, 0.15) is 0 Å². The smallest absolute Gasteiger partial charge is 0.317 e. The molecule has 0 atom stereocenters. The Morgan fingerprint density at radius 1 is 1.05 bits per heavy atom. The molecule has 0 spiro atoms. The number of carboxylic acid groups (broad SMARTS) is 1. The Balaban J connectivity index is 3.03. The molecule has 104 valence electrons. The van der Waals surface area contributed by atoms with Crippen LogP contribution in [0, 0.1) is 27.7 Å². The van der Waals surface area contributed by atoms with Crippen LogP contribution in [-0.4, -0.2) is 41.9 Å². The first-order valence-electron chi connectivity index (χ1n) is 6.25. The normalized spacial score (nSPS) is 10.8. The van der Waals surface area contributed by atoms with Gasteiger partial charge in [-0.3, -0.25) is 14.5 Å². The fourth-order valence-corrected chi connectivity index (χ4v) is 2.25. The van der Waals surface area contributed by atoms with Crippen LogP contribution in [0.1, 0.15) is 32.6 Å². The summed E-state index contributed by atoms with van der Waals surface area (Å²) in [6, 6.07) is 2.07. The highest BCUT2D eigenvalue weighted by molar-refractivity contribution is 6.01. The highest BCUT2D eigenvalue weighted by Gasteiger charge is 2.18. The molecule has 1 rings (SSSR count). The highest BCUT2D eigenvalue weighted by atomic mass is 16.4. The first-order valence-corrected chi connectivity index (χ1v) is 6.25. The number of nitrogens with zero attached hydrogens (tertiary/aromatic N) is 1. The largest absolute Gasteiger partial charge is 0.480 e. The lowest BCUT2D eigenvalue weighted by Gasteiger charge is -2.17. The van der Waals surface area contributed by atoms with Gasteiger partial charge < -0.3 is 5.11 Å². The van der Waals surface area contributed by atoms with Crippen molar-refractivity contribution in [2.24, 2.45) is 0 Å². The molecule has 0 unspecified atom stereocenters. The molecule has 0 heterocycles. The number of carbonyl (C=O) groups excluding carboxylic acids is 1. The topological polar surface area (TPSA) is 57.6 Å². The first kappa shape index (κ1) is 15.4. The molecule has 1 N–H and O–H groups in total. The van der Waals surface area contributed by atoms with E-state index in [0.29, 0.717) is 0 Å². The predicted octanol–water partition coefficient (Wildman–Crippen LogP) is 2.12. The second-order valence-electron chi connectivity index (χ2n) is 5.12. The number of hydrogen-bond acceptors (Lipinski definition) is 3. The minimum absolute atomic E-state index is 0.0226. The number of carboxylic acids is 1. The number of carbonyl (C=O) groups is 2. The van der Waals surface area contributed by atoms with Gasteiger partial charge in [-0.1, -0.05) is 6.07 Å². The van der Waals surface area contributed by atoms with Crippen LogP contribution >= 0.6 is 0 Å². The van der Waals surface area contributed by atoms with Gasteiger partial charge in [-0.25, -0.2) is 0 Å². The molecule has 0 aromatic heterocycles. The van der Waals surface area contributed by atoms with Gasteiger partial charge in [-0.2, -0.15) is 0 Å². The first-order chi connectivity index (χ1) is 8.73. The minimum atomic E-state index is -0.927. The van der Waals surface area contributed by atoms with Crippen molar-refractivity contribution in [3.8, 4) is 0 Å². The molecule has 0 saturated carbocycles. The number of aryl methyl sites for hydroxylation is 2. The number of benzene rings is 1. The molecule has 4 heteroatoms. The molecule has 0 amide bonds. The average Bonchev–Trinajstić information content (AvgIpc) is 2.25. The molecule has 0 fully saturated rings. The van der Waals surface area contributed by atoms with Crippen LogP contribution in [0.2, 0.25) is 0 Å². The Morgan fingerprint density at radius 3 is 1.95 bits per heavy atom. The molecule has 0 bridgehead atoms. The molecule has 0 radical (unpaired) electrons. The summed E-state index contributed by atoms with van der Waals surface area (Å²) in [5.74, 6) is -0.949. The van der Waals surface area contributed by atoms with Gasteiger partial charge in [-0.05, 0) is 57.0 Å². The van der Waals surface area contributed by atoms with Crippen LogP contribution in [0.3, 0.4) is 0 Å². The van der Waals surface area contributed by atoms with E-state index in [1.807, 2.05) is 27.7 Å². The molecule has 0 aliphatic rings. The maximum absolute atomic E-state index is 12.3. The van der Waals surface area contributed by atoms with Gasteiger partial charge in [0.25, 0.3) is 0 Å². The number of likely N-dealkylation sites (N-methyl/N-ethyl adjacent to an activating group) is 1. The lowest BCUT2D eigenvalue weighted by atomic mass is 9.91. The zero-order chi connectivity index (χ0) is 14.7. The van der Waals surface area contributed by atoms with Gasteiger partial charge in [0.05, 0.1) is 13.1 Å². The quantitative estimate of drug-likeness (QED) is 0.827. The fraction of sp³-hybridized carbons (Fsp3) is 0.467. The van der Waals surface area contributed by atoms with Gasteiger partial charge in [0.15, 0.2) is 5.78 Å². The van der Waals surface area contributed by atoms with Crippen LogP contribution < -0.4 is 0 Å². The van der Waals surface area contributed by atoms with E-state index in [2.05, 4.69) is 6.07 Å². The van der Waals surface area contributed by atoms with E-state index in [0.717, 1.165) is 27.8 Å². The summed E-state index contributed by atoms with van der Waals surface area (Å²) < 4.78 is 0. The van der Waals surface area contributed by atoms with Crippen molar-refractivity contribution < 1.29 is 14.7 Å². The Morgan fingerprint density at radius 2 is 1.53 bits per heavy atom. The Kier molecular flexibility index (Phi) is 4.84. The van der Waals surface area contributed by atoms with Crippen molar-refractivity contribution in [1.29, 1.82) is 0 Å². The van der Waals surface area contributed by atoms with E-state index in [1.165, 1.54) is 4.90 Å². The summed E-state index contributed by atoms with van der Waals surface area (Å²) in [4.78, 5) is 24.5. The van der Waals surface area contributed by atoms with Crippen LogP contribution in [0.5, 0.6) is 0 Å². The minimum Gasteiger partial charge on any atom is -0.480 e. The monoisotopic (exact) mass is 263 g/mol. The Bertz CT molecular complexity index is 494. The number of Topliss-reactive ketones (excluding diaryl/α,β-unsaturated/α-hetero) is 1. The summed E-state index contributed by atoms with van der Waals surface area (Å²) >= 11 is 0. The Hall–Kier alpha value is -1.68. The summed E-state index contributed by atoms with van der Waals surface area (Å²) in [5, 5.41) is 8.71. The molecular formula is C15H21NO3. The van der Waals surface area contributed by atoms with Gasteiger partial charge in [0.2, 0.25) is 0 Å². The third kappa shape index (κ3) is 3.64. The summed E-state index contributed by atoms with van der Waals surface area (Å²) in [7, 11) is 1.64. The number of aliphatic carboxylic acids is 1. The van der Waals surface area contributed by atoms with Crippen molar-refractivity contribution in [2.45, 2.75) is 27.7 Å². The highest BCUT2D eigenvalue weighted by Crippen LogP contribution is 2.22. The van der Waals surface area contributed by atoms with Crippen molar-refractivity contribution in [3.63, 3.8) is 0 Å². The summed E-state index contributed by atoms with van der Waals surface area (Å²) in [5.41, 5.74) is 4.88. The van der Waals surface area contributed by atoms with Crippen molar-refractivity contribution in [1.82, 2.24) is 4.90 Å². The second kappa shape index (κ2) is 5.97. The van der Waals surface area contributed by atoms with Crippen LogP contribution in [-0.2, 0) is 4.79 Å². The Labute approximate surface area is 114 Å². The molecule has 1 aromatic carbocycles. The van der Waals surface area contributed by atoms with Gasteiger partial charge in [-0.15, -0.1) is 0 Å². The van der Waals surface area contributed by atoms with Crippen LogP contribution in [0.15, 0.2) is 6.07 Å². The summed E-state index contributed by atoms with van der Waals surface area (Å²) in [6.07, 6.45) is 0. The van der Waals surface area contributed by atoms with Crippen molar-refractivity contribution >= 4 is 11.8 Å². The zero-order valence-electron chi connectivity index (χ0n) is 12.2. The number of rotatable bonds is 5. The van der Waals surface area contributed by atoms with E-state index >= 15 is 0 Å². The third-order valence-electron chi connectivity index (χ3n) is 3.46. The maximum Gasteiger partial charge on any atom is 0.317 e. The van der Waals surface area contributed by atoms with E-state index in [-0.39, 0.29) is 18.9 Å². The lowest BCUT2D eigenvalue weighted by Crippen LogP contribution is -2.31. The zero-order valence-corrected chi connectivity index (χ0v) is 12.2. The van der Waals surface area contributed by atoms with Crippen molar-refractivity contribution in [2.75, 3.05) is 20.1 Å². The molecule has 1 aromatic rings. The fourth-order valence-electron chi connectivity index (χ4n) is 2.25. The average molecular weight is 263 g/mol. The number of hydrogen-bond donors (Lipinski definition) is 1. The molecule has 0 aliphatic heterocycles. The SMILES string of the molecule is Cc1cc(C)c(C)c(C(=O)CN(C)CC(=O)O)c1C. The van der Waals surface area contributed by atoms with Crippen molar-refractivity contribution in [3.05, 3.63) is 33.9 Å². The molecule has 0 saturated heterocycles. The van der Waals surface area contributed by atoms with Gasteiger partial charge >= 0.3 is 5.97 Å². The van der Waals surface area contributed by atoms with Gasteiger partial charge in [0, 0.05) is 5.56 Å². The summed E-state index contributed by atoms with van der Waals surface area (Å²) in [6.45, 7) is 7.84. The molecule has 0 aliphatic carbocycles. The van der Waals surface area contributed by atoms with E-state index < -0.39 is 5.97 Å². The standard InChI is InChI=1S/C15H21NO3/c1-9-6-10(2)12(4)15(11(9)3)13(17)7-16(5)8-14(18)19/h6H,7-8H2,1-5H3,(H,18,19). The predicted molar refractivity (Wildman–Crippen MR) is 74.9 cm³/mol. The second-order valence-corrected chi connectivity index (χ2v) is 5.12. The molecule has 19 heavy (non-hydrogen) atoms. The van der Waals surface area contributed by atoms with Crippen LogP contribution in [0.25, 0.3) is 0 Å².